The molecule has 4 aromatic rings. The van der Waals surface area contributed by atoms with Crippen LogP contribution in [0.2, 0.25) is 0 Å². The maximum absolute atomic E-state index is 13.7. The van der Waals surface area contributed by atoms with Crippen molar-refractivity contribution >= 4 is 17.4 Å². The molecule has 6 bridgehead atoms. The minimum Gasteiger partial charge on any atom is -0.493 e. The zero-order valence-electron chi connectivity index (χ0n) is 28.7. The Bertz CT molecular complexity index is 1780. The summed E-state index contributed by atoms with van der Waals surface area (Å²) in [5, 5.41) is 23.2. The van der Waals surface area contributed by atoms with E-state index < -0.39 is 23.3 Å². The van der Waals surface area contributed by atoms with Gasteiger partial charge in [-0.2, -0.15) is 22.8 Å². The molecule has 0 saturated carbocycles. The number of carbonyl (C=O) groups is 1. The van der Waals surface area contributed by atoms with Crippen molar-refractivity contribution in [1.29, 1.82) is 0 Å². The van der Waals surface area contributed by atoms with E-state index >= 15 is 0 Å². The lowest BCUT2D eigenvalue weighted by Crippen LogP contribution is -2.45. The summed E-state index contributed by atoms with van der Waals surface area (Å²) in [6.07, 6.45) is -0.701. The molecule has 0 radical (unpaired) electrons. The van der Waals surface area contributed by atoms with E-state index in [1.165, 1.54) is 6.07 Å². The standard InChI is InChI=1S/C33H35F3N4O4.C4H10O/c1-21-25(19-30(41)42)31-39-13-11-32(2,12-14-39)44-16-5-3-4-15-43-28-10-9-24(33(34,35)36)18-26(28)22-7-6-8-23(17-22)27-20-29(37-21)40(31)38-27;1-4(2,3)5/h6-10,17-18,20H,3-5,11-16,19H2,1-2H3,(H,41,42);5H,1-3H3. The Morgan fingerprint density at radius 3 is 2.33 bits per heavy atom. The molecular weight excluding hydrogens is 637 g/mol. The summed E-state index contributed by atoms with van der Waals surface area (Å²) >= 11 is 0. The molecule has 0 spiro atoms. The minimum absolute atomic E-state index is 0.197. The number of aliphatic hydroxyl groups is 1. The highest BCUT2D eigenvalue weighted by Crippen LogP contribution is 2.39. The molecule has 2 aromatic heterocycles. The van der Waals surface area contributed by atoms with E-state index in [2.05, 4.69) is 11.8 Å². The van der Waals surface area contributed by atoms with Crippen LogP contribution in [0.4, 0.5) is 19.0 Å². The quantitative estimate of drug-likeness (QED) is 0.221. The third-order valence-corrected chi connectivity index (χ3v) is 8.60. The van der Waals surface area contributed by atoms with Gasteiger partial charge in [0, 0.05) is 48.1 Å². The zero-order chi connectivity index (χ0) is 35.6. The molecule has 1 saturated heterocycles. The van der Waals surface area contributed by atoms with Gasteiger partial charge in [0.25, 0.3) is 0 Å². The number of aromatic nitrogens is 3. The number of fused-ring (bicyclic) bond motifs is 8. The highest BCUT2D eigenvalue weighted by molar-refractivity contribution is 5.78. The molecule has 12 heteroatoms. The number of alkyl halides is 3. The summed E-state index contributed by atoms with van der Waals surface area (Å²) in [5.74, 6) is 0.120. The van der Waals surface area contributed by atoms with Crippen LogP contribution in [0.1, 0.15) is 76.6 Å². The van der Waals surface area contributed by atoms with E-state index in [-0.39, 0.29) is 12.0 Å². The van der Waals surface area contributed by atoms with Crippen LogP contribution in [0, 0.1) is 6.92 Å². The zero-order valence-corrected chi connectivity index (χ0v) is 28.7. The van der Waals surface area contributed by atoms with E-state index in [0.29, 0.717) is 77.2 Å². The number of ether oxygens (including phenoxy) is 2. The first-order valence-corrected chi connectivity index (χ1v) is 16.7. The third-order valence-electron chi connectivity index (χ3n) is 8.60. The molecule has 9 nitrogen and oxygen atoms in total. The predicted octanol–water partition coefficient (Wildman–Crippen LogP) is 7.73. The molecule has 264 valence electrons. The number of carboxylic acids is 1. The Balaban J connectivity index is 0.000000874. The van der Waals surface area contributed by atoms with E-state index in [9.17, 15) is 23.1 Å². The first kappa shape index (κ1) is 36.1. The maximum atomic E-state index is 13.7. The number of aryl methyl sites for hydroxylation is 1. The average Bonchev–Trinajstić information content (AvgIpc) is 3.43. The summed E-state index contributed by atoms with van der Waals surface area (Å²) in [7, 11) is 0. The van der Waals surface area contributed by atoms with Gasteiger partial charge in [0.1, 0.15) is 11.6 Å². The monoisotopic (exact) mass is 682 g/mol. The Labute approximate surface area is 284 Å². The second-order valence-corrected chi connectivity index (χ2v) is 14.0. The van der Waals surface area contributed by atoms with Gasteiger partial charge in [-0.1, -0.05) is 18.2 Å². The Hall–Kier alpha value is -4.16. The van der Waals surface area contributed by atoms with Gasteiger partial charge in [-0.3, -0.25) is 4.79 Å². The predicted molar refractivity (Wildman–Crippen MR) is 182 cm³/mol. The molecule has 1 fully saturated rings. The van der Waals surface area contributed by atoms with Gasteiger partial charge in [0.05, 0.1) is 35.5 Å². The summed E-state index contributed by atoms with van der Waals surface area (Å²) in [5.41, 5.74) is 2.40. The number of anilines is 1. The van der Waals surface area contributed by atoms with Crippen molar-refractivity contribution in [3.63, 3.8) is 0 Å². The van der Waals surface area contributed by atoms with Crippen LogP contribution in [0.5, 0.6) is 5.75 Å². The number of aliphatic carboxylic acids is 1. The Morgan fingerprint density at radius 1 is 0.980 bits per heavy atom. The van der Waals surface area contributed by atoms with Crippen molar-refractivity contribution in [3.05, 3.63) is 65.4 Å². The maximum Gasteiger partial charge on any atom is 0.416 e. The highest BCUT2D eigenvalue weighted by atomic mass is 19.4. The number of nitrogens with zero attached hydrogens (tertiary/aromatic N) is 4. The van der Waals surface area contributed by atoms with Crippen molar-refractivity contribution in [2.45, 2.75) is 90.5 Å². The van der Waals surface area contributed by atoms with Gasteiger partial charge < -0.3 is 24.6 Å². The molecule has 0 unspecified atom stereocenters. The molecule has 49 heavy (non-hydrogen) atoms. The smallest absolute Gasteiger partial charge is 0.416 e. The molecule has 0 atom stereocenters. The lowest BCUT2D eigenvalue weighted by molar-refractivity contribution is -0.138. The van der Waals surface area contributed by atoms with Crippen LogP contribution in [0.3, 0.4) is 0 Å². The van der Waals surface area contributed by atoms with Crippen molar-refractivity contribution in [1.82, 2.24) is 14.6 Å². The third kappa shape index (κ3) is 9.10. The fourth-order valence-electron chi connectivity index (χ4n) is 6.08. The molecule has 2 N–H and O–H groups in total. The SMILES string of the molecule is CC(C)(C)O.Cc1nc2cc3nn2c(c1CC(=O)O)N1CCC(C)(CC1)OCCCCCOc1ccc(C(F)(F)F)cc1-c1cccc-3c1. The van der Waals surface area contributed by atoms with Crippen LogP contribution >= 0.6 is 0 Å². The normalized spacial score (nSPS) is 16.8. The summed E-state index contributed by atoms with van der Waals surface area (Å²) in [6.45, 7) is 11.5. The first-order chi connectivity index (χ1) is 23.0. The van der Waals surface area contributed by atoms with Crippen LogP contribution in [0.15, 0.2) is 48.5 Å². The topological polar surface area (TPSA) is 109 Å². The Morgan fingerprint density at radius 2 is 1.65 bits per heavy atom. The molecule has 3 aliphatic rings. The molecule has 2 aromatic carbocycles. The second kappa shape index (κ2) is 14.4. The molecule has 0 aliphatic carbocycles. The Kier molecular flexibility index (Phi) is 10.6. The van der Waals surface area contributed by atoms with Crippen molar-refractivity contribution in [2.24, 2.45) is 0 Å². The average molecular weight is 683 g/mol. The molecular formula is C37H45F3N4O5. The second-order valence-electron chi connectivity index (χ2n) is 14.0. The van der Waals surface area contributed by atoms with Gasteiger partial charge in [-0.25, -0.2) is 4.98 Å². The van der Waals surface area contributed by atoms with Crippen molar-refractivity contribution in [2.75, 3.05) is 31.2 Å². The minimum atomic E-state index is -4.50. The van der Waals surface area contributed by atoms with Crippen molar-refractivity contribution < 1.29 is 37.7 Å². The van der Waals surface area contributed by atoms with Gasteiger partial charge in [0.15, 0.2) is 5.65 Å². The van der Waals surface area contributed by atoms with E-state index in [1.807, 2.05) is 19.1 Å². The largest absolute Gasteiger partial charge is 0.493 e. The van der Waals surface area contributed by atoms with Crippen molar-refractivity contribution in [3.8, 4) is 28.1 Å². The van der Waals surface area contributed by atoms with E-state index in [4.69, 9.17) is 24.7 Å². The number of rotatable bonds is 2. The number of benzene rings is 2. The number of piperidine rings is 1. The van der Waals surface area contributed by atoms with E-state index in [0.717, 1.165) is 44.2 Å². The first-order valence-electron chi connectivity index (χ1n) is 16.7. The molecule has 0 amide bonds. The van der Waals surface area contributed by atoms with Gasteiger partial charge in [0.2, 0.25) is 0 Å². The van der Waals surface area contributed by atoms with Gasteiger partial charge in [-0.05, 0) is 96.6 Å². The summed E-state index contributed by atoms with van der Waals surface area (Å²) < 4.78 is 55.3. The van der Waals surface area contributed by atoms with Crippen LogP contribution in [-0.2, 0) is 22.1 Å². The summed E-state index contributed by atoms with van der Waals surface area (Å²) in [4.78, 5) is 18.8. The molecule has 3 aliphatic heterocycles. The van der Waals surface area contributed by atoms with Gasteiger partial charge in [-0.15, -0.1) is 0 Å². The number of hydrogen-bond acceptors (Lipinski definition) is 7. The molecule has 5 heterocycles. The van der Waals surface area contributed by atoms with Crippen LogP contribution in [0.25, 0.3) is 28.0 Å². The fraction of sp³-hybridized carbons (Fsp3) is 0.486. The highest BCUT2D eigenvalue weighted by Gasteiger charge is 2.34. The number of halogens is 3. The van der Waals surface area contributed by atoms with Crippen LogP contribution < -0.4 is 9.64 Å². The fourth-order valence-corrected chi connectivity index (χ4v) is 6.08. The lowest BCUT2D eigenvalue weighted by Gasteiger charge is -2.41. The van der Waals surface area contributed by atoms with Gasteiger partial charge >= 0.3 is 12.1 Å². The lowest BCUT2D eigenvalue weighted by atomic mass is 9.92. The molecule has 7 rings (SSSR count). The van der Waals surface area contributed by atoms with Crippen LogP contribution in [-0.4, -0.2) is 68.3 Å². The summed E-state index contributed by atoms with van der Waals surface area (Å²) in [6, 6.07) is 12.6. The number of carboxylic acid groups (broad SMARTS) is 1. The number of hydrogen-bond donors (Lipinski definition) is 2. The van der Waals surface area contributed by atoms with E-state index in [1.54, 1.807) is 43.5 Å².